The molecule has 4 nitrogen and oxygen atoms in total. The minimum Gasteiger partial charge on any atom is -0.469 e. The number of aromatic nitrogens is 1. The minimum atomic E-state index is -0.214. The third-order valence-corrected chi connectivity index (χ3v) is 4.23. The van der Waals surface area contributed by atoms with Gasteiger partial charge in [-0.25, -0.2) is 4.98 Å². The number of nitrogens with zero attached hydrogens (tertiary/aromatic N) is 1. The molecule has 6 heteroatoms. The van der Waals surface area contributed by atoms with Gasteiger partial charge in [0.15, 0.2) is 5.13 Å². The molecule has 2 rings (SSSR count). The van der Waals surface area contributed by atoms with Gasteiger partial charge in [0, 0.05) is 16.3 Å². The van der Waals surface area contributed by atoms with Gasteiger partial charge in [0.2, 0.25) is 0 Å². The average Bonchev–Trinajstić information content (AvgIpc) is 2.88. The first-order valence-electron chi connectivity index (χ1n) is 6.13. The van der Waals surface area contributed by atoms with Crippen LogP contribution in [0.4, 0.5) is 10.8 Å². The van der Waals surface area contributed by atoms with Gasteiger partial charge in [0.1, 0.15) is 0 Å². The number of methoxy groups -OCH3 is 1. The Bertz CT molecular complexity index is 613. The van der Waals surface area contributed by atoms with Gasteiger partial charge < -0.3 is 10.1 Å². The molecule has 0 aliphatic carbocycles. The summed E-state index contributed by atoms with van der Waals surface area (Å²) in [6.45, 7) is 2.04. The zero-order valence-electron chi connectivity index (χ0n) is 11.3. The molecule has 0 atom stereocenters. The van der Waals surface area contributed by atoms with Crippen LogP contribution in [0.2, 0.25) is 0 Å². The van der Waals surface area contributed by atoms with Crippen LogP contribution >= 0.6 is 27.3 Å². The molecule has 0 saturated carbocycles. The number of anilines is 2. The summed E-state index contributed by atoms with van der Waals surface area (Å²) in [7, 11) is 1.39. The van der Waals surface area contributed by atoms with E-state index in [0.717, 1.165) is 21.0 Å². The number of hydrogen-bond acceptors (Lipinski definition) is 5. The quantitative estimate of drug-likeness (QED) is 0.822. The van der Waals surface area contributed by atoms with Gasteiger partial charge in [-0.3, -0.25) is 4.79 Å². The van der Waals surface area contributed by atoms with Crippen molar-refractivity contribution < 1.29 is 9.53 Å². The van der Waals surface area contributed by atoms with Gasteiger partial charge in [-0.15, -0.1) is 11.3 Å². The van der Waals surface area contributed by atoms with E-state index in [1.54, 1.807) is 0 Å². The van der Waals surface area contributed by atoms with Gasteiger partial charge in [0.05, 0.1) is 24.9 Å². The lowest BCUT2D eigenvalue weighted by Gasteiger charge is -2.06. The summed E-state index contributed by atoms with van der Waals surface area (Å²) < 4.78 is 5.61. The maximum atomic E-state index is 11.1. The fourth-order valence-electron chi connectivity index (χ4n) is 1.66. The van der Waals surface area contributed by atoms with Crippen molar-refractivity contribution in [3.05, 3.63) is 39.3 Å². The highest BCUT2D eigenvalue weighted by atomic mass is 79.9. The molecule has 106 valence electrons. The number of aryl methyl sites for hydroxylation is 2. The number of rotatable bonds is 5. The predicted molar refractivity (Wildman–Crippen MR) is 84.6 cm³/mol. The molecule has 0 aliphatic heterocycles. The molecule has 2 aromatic rings. The van der Waals surface area contributed by atoms with Crippen molar-refractivity contribution in [2.75, 3.05) is 12.4 Å². The molecule has 1 aromatic carbocycles. The van der Waals surface area contributed by atoms with Crippen LogP contribution < -0.4 is 5.32 Å². The monoisotopic (exact) mass is 354 g/mol. The molecule has 0 radical (unpaired) electrons. The van der Waals surface area contributed by atoms with Gasteiger partial charge >= 0.3 is 5.97 Å². The standard InChI is InChI=1S/C14H15BrN2O2S/c1-9-3-5-11(15)12(7-9)17-14-16-10(8-20-14)4-6-13(18)19-2/h3,5,7-8H,4,6H2,1-2H3,(H,16,17). The van der Waals surface area contributed by atoms with Gasteiger partial charge in [-0.2, -0.15) is 0 Å². The molecular weight excluding hydrogens is 340 g/mol. The topological polar surface area (TPSA) is 51.2 Å². The van der Waals surface area contributed by atoms with Crippen LogP contribution in [0, 0.1) is 6.92 Å². The van der Waals surface area contributed by atoms with E-state index < -0.39 is 0 Å². The smallest absolute Gasteiger partial charge is 0.305 e. The third-order valence-electron chi connectivity index (χ3n) is 2.73. The van der Waals surface area contributed by atoms with Crippen molar-refractivity contribution in [2.24, 2.45) is 0 Å². The second-order valence-electron chi connectivity index (χ2n) is 4.33. The average molecular weight is 355 g/mol. The molecule has 0 spiro atoms. The molecule has 0 amide bonds. The van der Waals surface area contributed by atoms with Crippen molar-refractivity contribution in [3.63, 3.8) is 0 Å². The van der Waals surface area contributed by atoms with Crippen LogP contribution in [0.15, 0.2) is 28.1 Å². The van der Waals surface area contributed by atoms with Gasteiger partial charge in [-0.05, 0) is 40.5 Å². The van der Waals surface area contributed by atoms with Crippen molar-refractivity contribution in [2.45, 2.75) is 19.8 Å². The second kappa shape index (κ2) is 6.85. The number of thiazole rings is 1. The Balaban J connectivity index is 2.02. The van der Waals surface area contributed by atoms with E-state index in [1.165, 1.54) is 24.0 Å². The summed E-state index contributed by atoms with van der Waals surface area (Å²) in [6, 6.07) is 6.10. The lowest BCUT2D eigenvalue weighted by molar-refractivity contribution is -0.140. The third kappa shape index (κ3) is 4.05. The molecule has 20 heavy (non-hydrogen) atoms. The Morgan fingerprint density at radius 3 is 3.05 bits per heavy atom. The molecule has 0 saturated heterocycles. The first-order chi connectivity index (χ1) is 9.58. The van der Waals surface area contributed by atoms with Crippen molar-refractivity contribution >= 4 is 44.1 Å². The fourth-order valence-corrected chi connectivity index (χ4v) is 2.76. The van der Waals surface area contributed by atoms with E-state index in [-0.39, 0.29) is 5.97 Å². The van der Waals surface area contributed by atoms with E-state index in [1.807, 2.05) is 24.4 Å². The van der Waals surface area contributed by atoms with Gasteiger partial charge in [0.25, 0.3) is 0 Å². The van der Waals surface area contributed by atoms with Crippen LogP contribution in [-0.4, -0.2) is 18.1 Å². The summed E-state index contributed by atoms with van der Waals surface area (Å²) in [4.78, 5) is 15.6. The molecule has 0 fully saturated rings. The number of hydrogen-bond donors (Lipinski definition) is 1. The maximum Gasteiger partial charge on any atom is 0.305 e. The van der Waals surface area contributed by atoms with Crippen LogP contribution in [0.3, 0.4) is 0 Å². The molecular formula is C14H15BrN2O2S. The Hall–Kier alpha value is -1.40. The minimum absolute atomic E-state index is 0.214. The highest BCUT2D eigenvalue weighted by molar-refractivity contribution is 9.10. The lowest BCUT2D eigenvalue weighted by Crippen LogP contribution is -2.02. The number of carbonyl (C=O) groups excluding carboxylic acids is 1. The number of nitrogens with one attached hydrogen (secondary N) is 1. The van der Waals surface area contributed by atoms with Crippen LogP contribution in [0.25, 0.3) is 0 Å². The number of esters is 1. The zero-order chi connectivity index (χ0) is 14.5. The van der Waals surface area contributed by atoms with Crippen molar-refractivity contribution in [3.8, 4) is 0 Å². The van der Waals surface area contributed by atoms with E-state index >= 15 is 0 Å². The molecule has 1 aromatic heterocycles. The van der Waals surface area contributed by atoms with Gasteiger partial charge in [-0.1, -0.05) is 6.07 Å². The maximum absolute atomic E-state index is 11.1. The largest absolute Gasteiger partial charge is 0.469 e. The number of ether oxygens (including phenoxy) is 1. The molecule has 0 aliphatic rings. The number of benzene rings is 1. The van der Waals surface area contributed by atoms with E-state index in [4.69, 9.17) is 0 Å². The Kier molecular flexibility index (Phi) is 5.14. The highest BCUT2D eigenvalue weighted by Gasteiger charge is 2.07. The number of carbonyl (C=O) groups is 1. The molecule has 1 heterocycles. The SMILES string of the molecule is COC(=O)CCc1csc(Nc2cc(C)ccc2Br)n1. The lowest BCUT2D eigenvalue weighted by atomic mass is 10.2. The summed E-state index contributed by atoms with van der Waals surface area (Å²) in [5.41, 5.74) is 3.06. The first kappa shape index (κ1) is 15.0. The molecule has 0 bridgehead atoms. The fraction of sp³-hybridized carbons (Fsp3) is 0.286. The summed E-state index contributed by atoms with van der Waals surface area (Å²) in [5.74, 6) is -0.214. The normalized spacial score (nSPS) is 10.3. The van der Waals surface area contributed by atoms with Crippen molar-refractivity contribution in [1.82, 2.24) is 4.98 Å². The predicted octanol–water partition coefficient (Wildman–Crippen LogP) is 4.06. The Labute approximate surface area is 130 Å². The summed E-state index contributed by atoms with van der Waals surface area (Å²) in [6.07, 6.45) is 0.952. The van der Waals surface area contributed by atoms with Crippen LogP contribution in [-0.2, 0) is 16.0 Å². The number of halogens is 1. The molecule has 0 unspecified atom stereocenters. The Morgan fingerprint density at radius 1 is 1.50 bits per heavy atom. The zero-order valence-corrected chi connectivity index (χ0v) is 13.7. The van der Waals surface area contributed by atoms with Crippen molar-refractivity contribution in [1.29, 1.82) is 0 Å². The van der Waals surface area contributed by atoms with E-state index in [9.17, 15) is 4.79 Å². The van der Waals surface area contributed by atoms with E-state index in [2.05, 4.69) is 37.0 Å². The summed E-state index contributed by atoms with van der Waals surface area (Å²) in [5, 5.41) is 6.05. The van der Waals surface area contributed by atoms with E-state index in [0.29, 0.717) is 12.8 Å². The van der Waals surface area contributed by atoms with Crippen LogP contribution in [0.1, 0.15) is 17.7 Å². The first-order valence-corrected chi connectivity index (χ1v) is 7.80. The second-order valence-corrected chi connectivity index (χ2v) is 6.04. The summed E-state index contributed by atoms with van der Waals surface area (Å²) >= 11 is 5.03. The van der Waals surface area contributed by atoms with Crippen LogP contribution in [0.5, 0.6) is 0 Å². The Morgan fingerprint density at radius 2 is 2.30 bits per heavy atom. The molecule has 1 N–H and O–H groups in total. The highest BCUT2D eigenvalue weighted by Crippen LogP contribution is 2.28.